The summed E-state index contributed by atoms with van der Waals surface area (Å²) < 4.78 is 11.1. The second-order valence-electron chi connectivity index (χ2n) is 10.6. The third-order valence-electron chi connectivity index (χ3n) is 7.58. The summed E-state index contributed by atoms with van der Waals surface area (Å²) in [6.45, 7) is -0.429. The zero-order valence-corrected chi connectivity index (χ0v) is 25.4. The number of anilines is 1. The Labute approximate surface area is 272 Å². The van der Waals surface area contributed by atoms with Gasteiger partial charge in [-0.15, -0.1) is 5.10 Å². The molecule has 1 aliphatic heterocycles. The second-order valence-corrected chi connectivity index (χ2v) is 11.8. The summed E-state index contributed by atoms with van der Waals surface area (Å²) in [7, 11) is 0. The van der Waals surface area contributed by atoms with Gasteiger partial charge in [-0.25, -0.2) is 14.7 Å². The van der Waals surface area contributed by atoms with E-state index < -0.39 is 29.6 Å². The Hall–Kier alpha value is -5.94. The van der Waals surface area contributed by atoms with Crippen molar-refractivity contribution < 1.29 is 28.3 Å². The van der Waals surface area contributed by atoms with Crippen LogP contribution < -0.4 is 4.90 Å². The fraction of sp³-hybridized carbons (Fsp3) is 0.0833. The van der Waals surface area contributed by atoms with Gasteiger partial charge in [0, 0.05) is 17.4 Å². The van der Waals surface area contributed by atoms with E-state index >= 15 is 0 Å². The van der Waals surface area contributed by atoms with Gasteiger partial charge < -0.3 is 9.15 Å². The lowest BCUT2D eigenvalue weighted by molar-refractivity contribution is -0.121. The Morgan fingerprint density at radius 1 is 0.851 bits per heavy atom. The maximum absolute atomic E-state index is 13.3. The number of imide groups is 1. The van der Waals surface area contributed by atoms with E-state index in [0.717, 1.165) is 33.2 Å². The van der Waals surface area contributed by atoms with E-state index in [1.807, 2.05) is 72.8 Å². The Kier molecular flexibility index (Phi) is 8.11. The molecule has 0 spiro atoms. The van der Waals surface area contributed by atoms with Crippen LogP contribution >= 0.6 is 11.8 Å². The van der Waals surface area contributed by atoms with Gasteiger partial charge in [-0.1, -0.05) is 84.6 Å². The largest absolute Gasteiger partial charge is 0.454 e. The highest BCUT2D eigenvalue weighted by atomic mass is 32.2. The van der Waals surface area contributed by atoms with Gasteiger partial charge in [-0.05, 0) is 47.5 Å². The molecule has 7 rings (SSSR count). The molecule has 2 aromatic heterocycles. The average molecular weight is 641 g/mol. The molecule has 1 saturated heterocycles. The number of Topliss-reactive ketones (excluding diaryl/α,β-unsaturated/α-hetero) is 1. The van der Waals surface area contributed by atoms with Crippen molar-refractivity contribution in [1.82, 2.24) is 15.2 Å². The number of ketones is 1. The summed E-state index contributed by atoms with van der Waals surface area (Å²) in [6, 6.07) is 32.1. The first kappa shape index (κ1) is 29.8. The number of ether oxygens (including phenoxy) is 1. The first-order valence-corrected chi connectivity index (χ1v) is 15.5. The molecule has 1 atom stereocenters. The summed E-state index contributed by atoms with van der Waals surface area (Å²) in [5, 5.41) is 8.44. The van der Waals surface area contributed by atoms with Crippen LogP contribution in [-0.2, 0) is 14.3 Å². The molecule has 3 heterocycles. The smallest absolute Gasteiger partial charge is 0.338 e. The van der Waals surface area contributed by atoms with Crippen molar-refractivity contribution in [3.63, 3.8) is 0 Å². The predicted molar refractivity (Wildman–Crippen MR) is 175 cm³/mol. The van der Waals surface area contributed by atoms with Crippen LogP contribution in [0.15, 0.2) is 125 Å². The number of thioether (sulfide) groups is 1. The Balaban J connectivity index is 0.962. The summed E-state index contributed by atoms with van der Waals surface area (Å²) in [6.07, 6.45) is 1.42. The number of nitrogens with zero attached hydrogens (tertiary/aromatic N) is 4. The number of hydrogen-bond donors (Lipinski definition) is 0. The molecule has 4 aromatic carbocycles. The number of furan rings is 1. The summed E-state index contributed by atoms with van der Waals surface area (Å²) in [5.74, 6) is -1.36. The number of carbonyl (C=O) groups excluding carboxylic acids is 4. The minimum Gasteiger partial charge on any atom is -0.454 e. The van der Waals surface area contributed by atoms with Crippen LogP contribution in [0.3, 0.4) is 0 Å². The van der Waals surface area contributed by atoms with Gasteiger partial charge in [0.1, 0.15) is 16.5 Å². The molecule has 1 fully saturated rings. The van der Waals surface area contributed by atoms with Gasteiger partial charge in [-0.2, -0.15) is 5.10 Å². The lowest BCUT2D eigenvalue weighted by Gasteiger charge is -2.15. The third kappa shape index (κ3) is 6.29. The molecule has 1 unspecified atom stereocenters. The topological polar surface area (TPSA) is 133 Å². The molecule has 0 saturated carbocycles. The number of hydrogen-bond acceptors (Lipinski definition) is 10. The van der Waals surface area contributed by atoms with Gasteiger partial charge >= 0.3 is 5.97 Å². The molecule has 2 amide bonds. The van der Waals surface area contributed by atoms with Crippen LogP contribution in [0.4, 0.5) is 5.69 Å². The first-order valence-electron chi connectivity index (χ1n) is 14.6. The van der Waals surface area contributed by atoms with E-state index in [9.17, 15) is 19.2 Å². The Morgan fingerprint density at radius 3 is 2.32 bits per heavy atom. The molecule has 6 aromatic rings. The molecule has 47 heavy (non-hydrogen) atoms. The molecular formula is C36H24N4O6S. The molecule has 1 aliphatic rings. The number of fused-ring (bicyclic) bond motifs is 1. The molecule has 0 aliphatic carbocycles. The van der Waals surface area contributed by atoms with Crippen LogP contribution in [0.1, 0.15) is 27.1 Å². The Bertz CT molecular complexity index is 2100. The van der Waals surface area contributed by atoms with E-state index in [2.05, 4.69) is 15.2 Å². The molecule has 10 nitrogen and oxygen atoms in total. The van der Waals surface area contributed by atoms with Crippen molar-refractivity contribution in [2.45, 2.75) is 16.8 Å². The SMILES string of the molecule is O=C(COC(=O)c1ccc(N2C(=O)CC(Sc3nncc(-c4cc5ccccc5o4)n3)C2=O)cc1)c1ccc(-c2ccccc2)cc1. The zero-order valence-electron chi connectivity index (χ0n) is 24.6. The van der Waals surface area contributed by atoms with Crippen molar-refractivity contribution in [3.05, 3.63) is 127 Å². The lowest BCUT2D eigenvalue weighted by atomic mass is 10.0. The molecule has 230 valence electrons. The quantitative estimate of drug-likeness (QED) is 0.0991. The Morgan fingerprint density at radius 2 is 1.55 bits per heavy atom. The number of carbonyl (C=O) groups is 4. The third-order valence-corrected chi connectivity index (χ3v) is 8.62. The van der Waals surface area contributed by atoms with Crippen LogP contribution in [0.25, 0.3) is 33.6 Å². The van der Waals surface area contributed by atoms with E-state index in [0.29, 0.717) is 28.3 Å². The highest BCUT2D eigenvalue weighted by Gasteiger charge is 2.41. The number of esters is 1. The monoisotopic (exact) mass is 640 g/mol. The lowest BCUT2D eigenvalue weighted by Crippen LogP contribution is -2.31. The number of aromatic nitrogens is 3. The van der Waals surface area contributed by atoms with Crippen LogP contribution in [-0.4, -0.2) is 50.6 Å². The van der Waals surface area contributed by atoms with E-state index in [-0.39, 0.29) is 22.9 Å². The van der Waals surface area contributed by atoms with Crippen molar-refractivity contribution in [2.75, 3.05) is 11.5 Å². The van der Waals surface area contributed by atoms with Crippen LogP contribution in [0.5, 0.6) is 0 Å². The van der Waals surface area contributed by atoms with Gasteiger partial charge in [0.25, 0.3) is 0 Å². The normalized spacial score (nSPS) is 14.5. The highest BCUT2D eigenvalue weighted by molar-refractivity contribution is 8.00. The molecule has 11 heteroatoms. The minimum absolute atomic E-state index is 0.0556. The zero-order chi connectivity index (χ0) is 32.3. The molecule has 0 radical (unpaired) electrons. The highest BCUT2D eigenvalue weighted by Crippen LogP contribution is 2.34. The summed E-state index contributed by atoms with van der Waals surface area (Å²) >= 11 is 1.05. The number of benzene rings is 4. The average Bonchev–Trinajstić information content (AvgIpc) is 3.67. The van der Waals surface area contributed by atoms with E-state index in [4.69, 9.17) is 9.15 Å². The van der Waals surface area contributed by atoms with Crippen molar-refractivity contribution in [1.29, 1.82) is 0 Å². The minimum atomic E-state index is -0.757. The van der Waals surface area contributed by atoms with E-state index in [1.54, 1.807) is 12.1 Å². The van der Waals surface area contributed by atoms with Gasteiger partial charge in [0.05, 0.1) is 17.4 Å². The van der Waals surface area contributed by atoms with Gasteiger partial charge in [0.2, 0.25) is 17.0 Å². The van der Waals surface area contributed by atoms with Crippen molar-refractivity contribution in [3.8, 4) is 22.6 Å². The number of amides is 2. The fourth-order valence-corrected chi connectivity index (χ4v) is 6.11. The molecule has 0 bridgehead atoms. The standard InChI is InChI=1S/C36H24N4O6S/c41-29(24-12-10-23(11-13-24)22-6-2-1-3-7-22)21-45-35(44)25-14-16-27(17-15-25)40-33(42)19-32(34(40)43)47-36-38-28(20-37-39-36)31-18-26-8-4-5-9-30(26)46-31/h1-18,20,32H,19,21H2. The summed E-state index contributed by atoms with van der Waals surface area (Å²) in [5.41, 5.74) is 4.07. The summed E-state index contributed by atoms with van der Waals surface area (Å²) in [4.78, 5) is 57.1. The molecular weight excluding hydrogens is 616 g/mol. The predicted octanol–water partition coefficient (Wildman–Crippen LogP) is 6.42. The maximum Gasteiger partial charge on any atom is 0.338 e. The first-order chi connectivity index (χ1) is 22.9. The number of para-hydroxylation sites is 1. The molecule has 0 N–H and O–H groups in total. The van der Waals surface area contributed by atoms with Crippen molar-refractivity contribution in [2.24, 2.45) is 0 Å². The maximum atomic E-state index is 13.3. The van der Waals surface area contributed by atoms with E-state index in [1.165, 1.54) is 30.5 Å². The van der Waals surface area contributed by atoms with Crippen LogP contribution in [0.2, 0.25) is 0 Å². The van der Waals surface area contributed by atoms with Gasteiger partial charge in [0.15, 0.2) is 18.2 Å². The van der Waals surface area contributed by atoms with Crippen LogP contribution in [0, 0.1) is 0 Å². The van der Waals surface area contributed by atoms with Gasteiger partial charge in [-0.3, -0.25) is 14.4 Å². The second kappa shape index (κ2) is 12.8. The van der Waals surface area contributed by atoms with Crippen molar-refractivity contribution >= 4 is 52.0 Å². The number of rotatable bonds is 9. The fourth-order valence-electron chi connectivity index (χ4n) is 5.18.